The minimum absolute atomic E-state index is 0.319. The number of hydrogen-bond donors (Lipinski definition) is 3. The first-order valence-corrected chi connectivity index (χ1v) is 10.3. The Morgan fingerprint density at radius 3 is 2.42 bits per heavy atom. The summed E-state index contributed by atoms with van der Waals surface area (Å²) >= 11 is 0. The highest BCUT2D eigenvalue weighted by molar-refractivity contribution is 6.00. The number of urea groups is 2. The fourth-order valence-electron chi connectivity index (χ4n) is 3.34. The van der Waals surface area contributed by atoms with Crippen molar-refractivity contribution in [1.29, 1.82) is 5.26 Å². The second-order valence-corrected chi connectivity index (χ2v) is 7.79. The van der Waals surface area contributed by atoms with E-state index in [-0.39, 0.29) is 12.1 Å². The quantitative estimate of drug-likeness (QED) is 0.595. The minimum Gasteiger partial charge on any atom is -0.459 e. The van der Waals surface area contributed by atoms with Crippen molar-refractivity contribution in [2.24, 2.45) is 0 Å². The molecule has 0 spiro atoms. The van der Waals surface area contributed by atoms with E-state index in [4.69, 9.17) is 10.00 Å². The molecule has 0 aromatic heterocycles. The van der Waals surface area contributed by atoms with Crippen LogP contribution < -0.4 is 16.0 Å². The van der Waals surface area contributed by atoms with Gasteiger partial charge in [0.05, 0.1) is 29.4 Å². The van der Waals surface area contributed by atoms with E-state index in [1.165, 1.54) is 4.90 Å². The Labute approximate surface area is 192 Å². The number of esters is 1. The summed E-state index contributed by atoms with van der Waals surface area (Å²) in [6.07, 6.45) is -0.319. The molecule has 1 aliphatic heterocycles. The largest absolute Gasteiger partial charge is 0.459 e. The van der Waals surface area contributed by atoms with Crippen LogP contribution in [0.2, 0.25) is 0 Å². The van der Waals surface area contributed by atoms with Crippen LogP contribution in [0.3, 0.4) is 0 Å². The molecule has 2 aromatic rings. The number of carbonyl (C=O) groups is 3. The second-order valence-electron chi connectivity index (χ2n) is 7.79. The highest BCUT2D eigenvalue weighted by atomic mass is 16.5. The molecule has 1 atom stereocenters. The molecule has 0 fully saturated rings. The highest BCUT2D eigenvalue weighted by Crippen LogP contribution is 2.32. The molecule has 1 heterocycles. The molecule has 33 heavy (non-hydrogen) atoms. The van der Waals surface area contributed by atoms with Gasteiger partial charge in [0.25, 0.3) is 0 Å². The predicted octanol–water partition coefficient (Wildman–Crippen LogP) is 4.12. The van der Waals surface area contributed by atoms with Crippen molar-refractivity contribution in [3.63, 3.8) is 0 Å². The Morgan fingerprint density at radius 1 is 1.12 bits per heavy atom. The van der Waals surface area contributed by atoms with Gasteiger partial charge in [-0.15, -0.1) is 0 Å². The fourth-order valence-corrected chi connectivity index (χ4v) is 3.34. The molecular weight excluding hydrogens is 422 g/mol. The molecule has 2 aromatic carbocycles. The van der Waals surface area contributed by atoms with Crippen molar-refractivity contribution in [2.75, 3.05) is 17.7 Å². The molecule has 0 radical (unpaired) electrons. The van der Waals surface area contributed by atoms with Crippen molar-refractivity contribution in [3.8, 4) is 6.07 Å². The van der Waals surface area contributed by atoms with Crippen molar-refractivity contribution >= 4 is 29.4 Å². The van der Waals surface area contributed by atoms with E-state index < -0.39 is 18.0 Å². The number of nitriles is 1. The first kappa shape index (κ1) is 23.3. The van der Waals surface area contributed by atoms with Crippen LogP contribution in [0.1, 0.15) is 37.9 Å². The summed E-state index contributed by atoms with van der Waals surface area (Å²) in [4.78, 5) is 39.0. The molecule has 0 aliphatic carbocycles. The number of hydrogen-bond acceptors (Lipinski definition) is 5. The highest BCUT2D eigenvalue weighted by Gasteiger charge is 2.35. The lowest BCUT2D eigenvalue weighted by molar-refractivity contribution is -0.143. The molecule has 9 heteroatoms. The topological polar surface area (TPSA) is 124 Å². The van der Waals surface area contributed by atoms with E-state index in [0.717, 1.165) is 0 Å². The monoisotopic (exact) mass is 447 g/mol. The van der Waals surface area contributed by atoms with Gasteiger partial charge in [0.15, 0.2) is 0 Å². The second kappa shape index (κ2) is 9.87. The zero-order chi connectivity index (χ0) is 24.1. The lowest BCUT2D eigenvalue weighted by Crippen LogP contribution is -2.46. The summed E-state index contributed by atoms with van der Waals surface area (Å²) in [5, 5.41) is 17.1. The predicted molar refractivity (Wildman–Crippen MR) is 123 cm³/mol. The van der Waals surface area contributed by atoms with Crippen LogP contribution in [0.5, 0.6) is 0 Å². The van der Waals surface area contributed by atoms with E-state index >= 15 is 0 Å². The lowest BCUT2D eigenvalue weighted by atomic mass is 9.94. The summed E-state index contributed by atoms with van der Waals surface area (Å²) in [6.45, 7) is 5.20. The Bertz CT molecular complexity index is 1150. The van der Waals surface area contributed by atoms with Gasteiger partial charge in [-0.1, -0.05) is 12.1 Å². The molecule has 3 N–H and O–H groups in total. The molecule has 1 aliphatic rings. The van der Waals surface area contributed by atoms with Crippen molar-refractivity contribution in [1.82, 2.24) is 10.2 Å². The third-order valence-electron chi connectivity index (χ3n) is 5.07. The number of carbonyl (C=O) groups excluding carboxylic acids is 3. The van der Waals surface area contributed by atoms with Gasteiger partial charge < -0.3 is 25.6 Å². The van der Waals surface area contributed by atoms with Gasteiger partial charge in [0.1, 0.15) is 0 Å². The van der Waals surface area contributed by atoms with Crippen molar-refractivity contribution in [3.05, 3.63) is 70.9 Å². The third-order valence-corrected chi connectivity index (χ3v) is 5.07. The molecule has 0 saturated carbocycles. The molecule has 4 amide bonds. The van der Waals surface area contributed by atoms with E-state index in [2.05, 4.69) is 16.0 Å². The van der Waals surface area contributed by atoms with E-state index in [1.807, 2.05) is 6.07 Å². The van der Waals surface area contributed by atoms with Gasteiger partial charge >= 0.3 is 18.0 Å². The van der Waals surface area contributed by atoms with E-state index in [9.17, 15) is 14.4 Å². The first-order valence-electron chi connectivity index (χ1n) is 10.3. The standard InChI is InChI=1S/C24H25N5O4/c1-14(2)33-22(30)20-15(3)29(4)24(32)28-21(20)17-6-5-7-19(12-17)27-23(31)26-18-10-8-16(13-25)9-11-18/h5-12,14,21H,1-4H3,(H,28,32)(H2,26,27,31). The van der Waals surface area contributed by atoms with Crippen LogP contribution in [-0.2, 0) is 9.53 Å². The first-order chi connectivity index (χ1) is 15.7. The zero-order valence-electron chi connectivity index (χ0n) is 18.8. The Kier molecular flexibility index (Phi) is 6.98. The SMILES string of the molecule is CC1=C(C(=O)OC(C)C)C(c2cccc(NC(=O)Nc3ccc(C#N)cc3)c2)NC(=O)N1C. The van der Waals surface area contributed by atoms with Crippen LogP contribution in [0.25, 0.3) is 0 Å². The maximum Gasteiger partial charge on any atom is 0.338 e. The molecule has 1 unspecified atom stereocenters. The van der Waals surface area contributed by atoms with Crippen molar-refractivity contribution < 1.29 is 19.1 Å². The van der Waals surface area contributed by atoms with Gasteiger partial charge in [-0.3, -0.25) is 0 Å². The third kappa shape index (κ3) is 5.49. The van der Waals surface area contributed by atoms with Crippen LogP contribution in [0.4, 0.5) is 21.0 Å². The van der Waals surface area contributed by atoms with Crippen LogP contribution in [0, 0.1) is 11.3 Å². The lowest BCUT2D eigenvalue weighted by Gasteiger charge is -2.33. The summed E-state index contributed by atoms with van der Waals surface area (Å²) in [7, 11) is 1.58. The number of nitrogens with one attached hydrogen (secondary N) is 3. The molecular formula is C24H25N5O4. The average molecular weight is 447 g/mol. The van der Waals surface area contributed by atoms with Gasteiger partial charge in [-0.2, -0.15) is 5.26 Å². The normalized spacial score (nSPS) is 15.6. The molecule has 0 saturated heterocycles. The summed E-state index contributed by atoms with van der Waals surface area (Å²) < 4.78 is 5.40. The number of allylic oxidation sites excluding steroid dienone is 1. The van der Waals surface area contributed by atoms with E-state index in [0.29, 0.717) is 33.8 Å². The number of amides is 4. The van der Waals surface area contributed by atoms with Crippen LogP contribution >= 0.6 is 0 Å². The van der Waals surface area contributed by atoms with Crippen LogP contribution in [0.15, 0.2) is 59.8 Å². The molecule has 170 valence electrons. The molecule has 9 nitrogen and oxygen atoms in total. The summed E-state index contributed by atoms with van der Waals surface area (Å²) in [5.41, 5.74) is 2.92. The average Bonchev–Trinajstić information content (AvgIpc) is 2.77. The maximum atomic E-state index is 12.8. The summed E-state index contributed by atoms with van der Waals surface area (Å²) in [6, 6.07) is 13.8. The van der Waals surface area contributed by atoms with Gasteiger partial charge in [-0.05, 0) is 62.7 Å². The maximum absolute atomic E-state index is 12.8. The number of ether oxygens (including phenoxy) is 1. The fraction of sp³-hybridized carbons (Fsp3) is 0.250. The van der Waals surface area contributed by atoms with Crippen molar-refractivity contribution in [2.45, 2.75) is 32.9 Å². The number of anilines is 2. The molecule has 0 bridgehead atoms. The molecule has 3 rings (SSSR count). The van der Waals surface area contributed by atoms with Gasteiger partial charge in [0.2, 0.25) is 0 Å². The van der Waals surface area contributed by atoms with Gasteiger partial charge in [-0.25, -0.2) is 14.4 Å². The number of rotatable bonds is 5. The zero-order valence-corrected chi connectivity index (χ0v) is 18.8. The number of benzene rings is 2. The van der Waals surface area contributed by atoms with Gasteiger partial charge in [0, 0.05) is 24.1 Å². The Morgan fingerprint density at radius 2 is 1.79 bits per heavy atom. The van der Waals surface area contributed by atoms with Crippen LogP contribution in [-0.4, -0.2) is 36.1 Å². The van der Waals surface area contributed by atoms with E-state index in [1.54, 1.807) is 76.3 Å². The Hall–Kier alpha value is -4.32. The minimum atomic E-state index is -0.733. The summed E-state index contributed by atoms with van der Waals surface area (Å²) in [5.74, 6) is -0.517. The smallest absolute Gasteiger partial charge is 0.338 e. The Balaban J connectivity index is 1.83. The number of nitrogens with zero attached hydrogens (tertiary/aromatic N) is 2.